The maximum atomic E-state index is 13.5. The van der Waals surface area contributed by atoms with Crippen LogP contribution >= 0.6 is 15.9 Å². The van der Waals surface area contributed by atoms with E-state index in [-0.39, 0.29) is 17.2 Å². The van der Waals surface area contributed by atoms with E-state index in [1.54, 1.807) is 43.5 Å². The number of nitrogens with one attached hydrogen (secondary N) is 2. The van der Waals surface area contributed by atoms with Gasteiger partial charge in [0.05, 0.1) is 12.0 Å². The van der Waals surface area contributed by atoms with Crippen LogP contribution in [-0.4, -0.2) is 40.1 Å². The van der Waals surface area contributed by atoms with Gasteiger partial charge in [0.25, 0.3) is 10.0 Å². The fourth-order valence-corrected chi connectivity index (χ4v) is 4.98. The predicted octanol–water partition coefficient (Wildman–Crippen LogP) is 4.11. The Morgan fingerprint density at radius 2 is 1.69 bits per heavy atom. The standard InChI is InChI=1S/C25H26BrN3O5S/c1-3-29(20-12-14-21(34-2)15-13-20)24(30)23(16-18-8-5-4-6-9-18)27-25(31)28-35(32,33)22-11-7-10-19(26)17-22/h4-15,17,23H,3,16H2,1-2H3,(H2,27,28,31). The number of urea groups is 1. The summed E-state index contributed by atoms with van der Waals surface area (Å²) in [5.74, 6) is 0.268. The van der Waals surface area contributed by atoms with Crippen molar-refractivity contribution in [1.29, 1.82) is 0 Å². The first-order chi connectivity index (χ1) is 16.7. The van der Waals surface area contributed by atoms with Crippen molar-refractivity contribution in [1.82, 2.24) is 10.0 Å². The van der Waals surface area contributed by atoms with Crippen LogP contribution in [0.25, 0.3) is 0 Å². The lowest BCUT2D eigenvalue weighted by atomic mass is 10.0. The summed E-state index contributed by atoms with van der Waals surface area (Å²) in [5.41, 5.74) is 1.44. The second-order valence-electron chi connectivity index (χ2n) is 7.56. The monoisotopic (exact) mass is 559 g/mol. The lowest BCUT2D eigenvalue weighted by molar-refractivity contribution is -0.120. The molecular formula is C25H26BrN3O5S. The zero-order chi connectivity index (χ0) is 25.4. The Morgan fingerprint density at radius 1 is 1.00 bits per heavy atom. The molecule has 10 heteroatoms. The molecule has 0 spiro atoms. The highest BCUT2D eigenvalue weighted by Crippen LogP contribution is 2.21. The molecule has 0 aromatic heterocycles. The molecule has 0 fully saturated rings. The first-order valence-corrected chi connectivity index (χ1v) is 13.1. The number of sulfonamides is 1. The predicted molar refractivity (Wildman–Crippen MR) is 138 cm³/mol. The minimum atomic E-state index is -4.14. The first-order valence-electron chi connectivity index (χ1n) is 10.8. The fourth-order valence-electron chi connectivity index (χ4n) is 3.47. The van der Waals surface area contributed by atoms with Crippen LogP contribution in [0.15, 0.2) is 88.2 Å². The molecule has 0 bridgehead atoms. The summed E-state index contributed by atoms with van der Waals surface area (Å²) in [6, 6.07) is 20.1. The molecule has 2 N–H and O–H groups in total. The fraction of sp³-hybridized carbons (Fsp3) is 0.200. The molecule has 1 unspecified atom stereocenters. The van der Waals surface area contributed by atoms with Crippen molar-refractivity contribution < 1.29 is 22.7 Å². The van der Waals surface area contributed by atoms with Crippen LogP contribution in [0.3, 0.4) is 0 Å². The highest BCUT2D eigenvalue weighted by Gasteiger charge is 2.28. The van der Waals surface area contributed by atoms with Gasteiger partial charge >= 0.3 is 6.03 Å². The van der Waals surface area contributed by atoms with Gasteiger partial charge in [-0.25, -0.2) is 17.9 Å². The highest BCUT2D eigenvalue weighted by molar-refractivity contribution is 9.10. The second kappa shape index (κ2) is 11.9. The molecule has 184 valence electrons. The number of likely N-dealkylation sites (N-methyl/N-ethyl adjacent to an activating group) is 1. The molecule has 1 atom stereocenters. The van der Waals surface area contributed by atoms with Crippen LogP contribution in [0, 0.1) is 0 Å². The van der Waals surface area contributed by atoms with Crippen LogP contribution in [0.1, 0.15) is 12.5 Å². The third kappa shape index (κ3) is 7.06. The van der Waals surface area contributed by atoms with Gasteiger partial charge in [-0.2, -0.15) is 0 Å². The van der Waals surface area contributed by atoms with Gasteiger partial charge in [0.2, 0.25) is 5.91 Å². The number of hydrogen-bond donors (Lipinski definition) is 2. The van der Waals surface area contributed by atoms with Gasteiger partial charge < -0.3 is 15.0 Å². The lowest BCUT2D eigenvalue weighted by Gasteiger charge is -2.27. The van der Waals surface area contributed by atoms with E-state index < -0.39 is 22.1 Å². The number of carbonyl (C=O) groups is 2. The number of ether oxygens (including phenoxy) is 1. The zero-order valence-corrected chi connectivity index (χ0v) is 21.7. The van der Waals surface area contributed by atoms with E-state index in [0.29, 0.717) is 22.5 Å². The number of halogens is 1. The van der Waals surface area contributed by atoms with Crippen molar-refractivity contribution in [3.63, 3.8) is 0 Å². The van der Waals surface area contributed by atoms with Gasteiger partial charge in [-0.3, -0.25) is 4.79 Å². The van der Waals surface area contributed by atoms with E-state index in [2.05, 4.69) is 21.2 Å². The number of benzene rings is 3. The Bertz CT molecular complexity index is 1270. The maximum Gasteiger partial charge on any atom is 0.329 e. The quantitative estimate of drug-likeness (QED) is 0.410. The van der Waals surface area contributed by atoms with Crippen LogP contribution < -0.4 is 19.7 Å². The SMILES string of the molecule is CCN(C(=O)C(Cc1ccccc1)NC(=O)NS(=O)(=O)c1cccc(Br)c1)c1ccc(OC)cc1. The van der Waals surface area contributed by atoms with Crippen molar-refractivity contribution in [3.05, 3.63) is 88.9 Å². The van der Waals surface area contributed by atoms with Gasteiger partial charge in [0.15, 0.2) is 0 Å². The van der Waals surface area contributed by atoms with Crippen molar-refractivity contribution in [2.45, 2.75) is 24.3 Å². The smallest absolute Gasteiger partial charge is 0.329 e. The summed E-state index contributed by atoms with van der Waals surface area (Å²) in [4.78, 5) is 27.7. The largest absolute Gasteiger partial charge is 0.497 e. The van der Waals surface area contributed by atoms with E-state index in [9.17, 15) is 18.0 Å². The summed E-state index contributed by atoms with van der Waals surface area (Å²) in [6.45, 7) is 2.16. The van der Waals surface area contributed by atoms with E-state index in [4.69, 9.17) is 4.74 Å². The number of rotatable bonds is 9. The second-order valence-corrected chi connectivity index (χ2v) is 10.2. The van der Waals surface area contributed by atoms with Crippen molar-refractivity contribution in [2.75, 3.05) is 18.6 Å². The molecule has 3 aromatic rings. The van der Waals surface area contributed by atoms with Gasteiger partial charge in [0.1, 0.15) is 11.8 Å². The van der Waals surface area contributed by atoms with Crippen LogP contribution in [-0.2, 0) is 21.2 Å². The Balaban J connectivity index is 1.84. The van der Waals surface area contributed by atoms with Crippen molar-refractivity contribution in [2.24, 2.45) is 0 Å². The molecule has 8 nitrogen and oxygen atoms in total. The number of carbonyl (C=O) groups excluding carboxylic acids is 2. The summed E-state index contributed by atoms with van der Waals surface area (Å²) >= 11 is 3.22. The van der Waals surface area contributed by atoms with E-state index in [0.717, 1.165) is 5.56 Å². The number of anilines is 1. The lowest BCUT2D eigenvalue weighted by Crippen LogP contribution is -2.53. The first kappa shape index (κ1) is 26.2. The average Bonchev–Trinajstić information content (AvgIpc) is 2.84. The summed E-state index contributed by atoms with van der Waals surface area (Å²) in [5, 5.41) is 2.56. The Labute approximate surface area is 213 Å². The molecule has 0 heterocycles. The zero-order valence-electron chi connectivity index (χ0n) is 19.3. The number of methoxy groups -OCH3 is 1. The topological polar surface area (TPSA) is 105 Å². The number of hydrogen-bond acceptors (Lipinski definition) is 5. The molecule has 0 saturated carbocycles. The highest BCUT2D eigenvalue weighted by atomic mass is 79.9. The molecule has 0 radical (unpaired) electrons. The molecule has 0 aliphatic carbocycles. The van der Waals surface area contributed by atoms with Gasteiger partial charge in [0, 0.05) is 23.1 Å². The van der Waals surface area contributed by atoms with Crippen LogP contribution in [0.4, 0.5) is 10.5 Å². The molecule has 3 rings (SSSR count). The molecule has 0 aliphatic rings. The summed E-state index contributed by atoms with van der Waals surface area (Å²) < 4.78 is 33.1. The molecule has 35 heavy (non-hydrogen) atoms. The van der Waals surface area contributed by atoms with Crippen molar-refractivity contribution >= 4 is 43.6 Å². The third-order valence-corrected chi connectivity index (χ3v) is 7.01. The molecule has 0 saturated heterocycles. The van der Waals surface area contributed by atoms with Crippen molar-refractivity contribution in [3.8, 4) is 5.75 Å². The molecular weight excluding hydrogens is 534 g/mol. The maximum absolute atomic E-state index is 13.5. The average molecular weight is 560 g/mol. The molecule has 3 amide bonds. The summed E-state index contributed by atoms with van der Waals surface area (Å²) in [6.07, 6.45) is 0.177. The number of nitrogens with zero attached hydrogens (tertiary/aromatic N) is 1. The Kier molecular flexibility index (Phi) is 8.89. The molecule has 0 aliphatic heterocycles. The Morgan fingerprint density at radius 3 is 2.29 bits per heavy atom. The third-order valence-electron chi connectivity index (χ3n) is 5.19. The number of amides is 3. The minimum Gasteiger partial charge on any atom is -0.497 e. The summed E-state index contributed by atoms with van der Waals surface area (Å²) in [7, 11) is -2.59. The molecule has 3 aromatic carbocycles. The Hall–Kier alpha value is -3.37. The van der Waals surface area contributed by atoms with E-state index >= 15 is 0 Å². The van der Waals surface area contributed by atoms with Gasteiger partial charge in [-0.1, -0.05) is 52.3 Å². The van der Waals surface area contributed by atoms with Gasteiger partial charge in [-0.05, 0) is 55.0 Å². The van der Waals surface area contributed by atoms with E-state index in [1.165, 1.54) is 17.0 Å². The van der Waals surface area contributed by atoms with E-state index in [1.807, 2.05) is 42.0 Å². The van der Waals surface area contributed by atoms with Crippen LogP contribution in [0.2, 0.25) is 0 Å². The van der Waals surface area contributed by atoms with Gasteiger partial charge in [-0.15, -0.1) is 0 Å². The minimum absolute atomic E-state index is 0.0821. The normalized spacial score (nSPS) is 11.9. The van der Waals surface area contributed by atoms with Crippen LogP contribution in [0.5, 0.6) is 5.75 Å².